The van der Waals surface area contributed by atoms with Gasteiger partial charge in [-0.1, -0.05) is 78.9 Å². The molecule has 0 amide bonds. The number of carbonyl (C=O) groups excluding carboxylic acids is 2. The molecular formula is C28H24N2O3. The molecule has 5 heteroatoms. The summed E-state index contributed by atoms with van der Waals surface area (Å²) >= 11 is 0. The van der Waals surface area contributed by atoms with E-state index in [4.69, 9.17) is 9.72 Å². The maximum absolute atomic E-state index is 13.7. The van der Waals surface area contributed by atoms with Crippen molar-refractivity contribution < 1.29 is 14.3 Å². The van der Waals surface area contributed by atoms with Gasteiger partial charge in [-0.05, 0) is 13.1 Å². The van der Waals surface area contributed by atoms with Gasteiger partial charge in [-0.25, -0.2) is 4.79 Å². The summed E-state index contributed by atoms with van der Waals surface area (Å²) in [5, 5.41) is 0.746. The van der Waals surface area contributed by atoms with Crippen LogP contribution in [0, 0.1) is 0 Å². The molecule has 1 aliphatic heterocycles. The van der Waals surface area contributed by atoms with E-state index in [2.05, 4.69) is 4.90 Å². The number of likely N-dealkylation sites (N-methyl/N-ethyl adjacent to an activating group) is 1. The summed E-state index contributed by atoms with van der Waals surface area (Å²) in [5.41, 5.74) is 4.21. The maximum Gasteiger partial charge on any atom is 0.340 e. The summed E-state index contributed by atoms with van der Waals surface area (Å²) in [7, 11) is 2.03. The second kappa shape index (κ2) is 8.96. The number of hydrogen-bond acceptors (Lipinski definition) is 5. The zero-order valence-electron chi connectivity index (χ0n) is 18.4. The van der Waals surface area contributed by atoms with E-state index in [0.29, 0.717) is 23.2 Å². The van der Waals surface area contributed by atoms with Gasteiger partial charge >= 0.3 is 5.97 Å². The van der Waals surface area contributed by atoms with Gasteiger partial charge in [-0.15, -0.1) is 0 Å². The van der Waals surface area contributed by atoms with Crippen LogP contribution in [-0.2, 0) is 17.7 Å². The Morgan fingerprint density at radius 1 is 0.909 bits per heavy atom. The van der Waals surface area contributed by atoms with Crippen molar-refractivity contribution in [1.82, 2.24) is 9.88 Å². The fraction of sp³-hybridized carbons (Fsp3) is 0.179. The lowest BCUT2D eigenvalue weighted by molar-refractivity contribution is 0.0279. The number of fused-ring (bicyclic) bond motifs is 2. The number of pyridine rings is 1. The van der Waals surface area contributed by atoms with Gasteiger partial charge in [0.1, 0.15) is 0 Å². The number of aromatic nitrogens is 1. The van der Waals surface area contributed by atoms with Gasteiger partial charge in [0.15, 0.2) is 6.10 Å². The largest absolute Gasteiger partial charge is 0.445 e. The van der Waals surface area contributed by atoms with Crippen LogP contribution in [0.15, 0.2) is 84.9 Å². The Morgan fingerprint density at radius 3 is 2.33 bits per heavy atom. The first kappa shape index (κ1) is 21.0. The first-order valence-electron chi connectivity index (χ1n) is 11.1. The highest BCUT2D eigenvalue weighted by atomic mass is 16.5. The lowest BCUT2D eigenvalue weighted by atomic mass is 9.95. The molecule has 33 heavy (non-hydrogen) atoms. The number of ether oxygens (including phenoxy) is 1. The molecule has 0 aliphatic carbocycles. The molecule has 0 saturated carbocycles. The molecular weight excluding hydrogens is 412 g/mol. The van der Waals surface area contributed by atoms with E-state index >= 15 is 0 Å². The molecule has 0 radical (unpaired) electrons. The van der Waals surface area contributed by atoms with Crippen molar-refractivity contribution in [2.75, 3.05) is 13.6 Å². The Balaban J connectivity index is 1.60. The monoisotopic (exact) mass is 436 g/mol. The summed E-state index contributed by atoms with van der Waals surface area (Å²) < 4.78 is 6.01. The molecule has 5 nitrogen and oxygen atoms in total. The average Bonchev–Trinajstić information content (AvgIpc) is 2.86. The van der Waals surface area contributed by atoms with Crippen LogP contribution < -0.4 is 0 Å². The average molecular weight is 437 g/mol. The summed E-state index contributed by atoms with van der Waals surface area (Å²) in [6.45, 7) is 1.49. The minimum Gasteiger partial charge on any atom is -0.445 e. The van der Waals surface area contributed by atoms with Crippen LogP contribution in [0.5, 0.6) is 0 Å². The van der Waals surface area contributed by atoms with Crippen molar-refractivity contribution >= 4 is 22.7 Å². The quantitative estimate of drug-likeness (QED) is 0.325. The number of ketones is 1. The van der Waals surface area contributed by atoms with Crippen LogP contribution in [0.25, 0.3) is 10.9 Å². The molecule has 2 heterocycles. The molecule has 0 bridgehead atoms. The van der Waals surface area contributed by atoms with Crippen molar-refractivity contribution in [2.45, 2.75) is 19.1 Å². The predicted octanol–water partition coefficient (Wildman–Crippen LogP) is 5.00. The number of rotatable bonds is 5. The lowest BCUT2D eigenvalue weighted by Crippen LogP contribution is -2.30. The molecule has 0 spiro atoms. The van der Waals surface area contributed by atoms with E-state index in [9.17, 15) is 9.59 Å². The Kier molecular flexibility index (Phi) is 5.71. The Morgan fingerprint density at radius 2 is 1.58 bits per heavy atom. The Hall–Kier alpha value is -3.83. The van der Waals surface area contributed by atoms with Crippen LogP contribution >= 0.6 is 0 Å². The summed E-state index contributed by atoms with van der Waals surface area (Å²) in [6.07, 6.45) is -0.271. The van der Waals surface area contributed by atoms with Crippen LogP contribution in [-0.4, -0.2) is 35.2 Å². The number of nitrogens with zero attached hydrogens (tertiary/aromatic N) is 2. The van der Waals surface area contributed by atoms with Gasteiger partial charge in [0, 0.05) is 47.3 Å². The number of para-hydroxylation sites is 1. The molecule has 5 rings (SSSR count). The topological polar surface area (TPSA) is 59.5 Å². The minimum absolute atomic E-state index is 0.250. The second-order valence-corrected chi connectivity index (χ2v) is 8.34. The van der Waals surface area contributed by atoms with Crippen molar-refractivity contribution in [2.24, 2.45) is 0 Å². The smallest absolute Gasteiger partial charge is 0.340 e. The van der Waals surface area contributed by atoms with Gasteiger partial charge in [-0.2, -0.15) is 0 Å². The fourth-order valence-corrected chi connectivity index (χ4v) is 4.38. The van der Waals surface area contributed by atoms with E-state index in [1.165, 1.54) is 0 Å². The molecule has 0 saturated heterocycles. The SMILES string of the molecule is CN1CCc2nc3ccccc3c(C(=O)O[C@@H](C(=O)c3ccccc3)c3ccccc3)c2C1. The fourth-order valence-electron chi connectivity index (χ4n) is 4.38. The number of hydrogen-bond donors (Lipinski definition) is 0. The van der Waals surface area contributed by atoms with E-state index in [1.807, 2.05) is 67.7 Å². The first-order valence-corrected chi connectivity index (χ1v) is 11.1. The minimum atomic E-state index is -1.04. The standard InChI is InChI=1S/C28H24N2O3/c1-30-17-16-24-22(18-30)25(21-14-8-9-15-23(21)29-24)28(32)33-27(20-12-6-3-7-13-20)26(31)19-10-4-2-5-11-19/h2-15,27H,16-18H2,1H3/t27-/m1/s1. The predicted molar refractivity (Wildman–Crippen MR) is 127 cm³/mol. The van der Waals surface area contributed by atoms with Gasteiger partial charge < -0.3 is 9.64 Å². The van der Waals surface area contributed by atoms with E-state index in [0.717, 1.165) is 35.1 Å². The highest BCUT2D eigenvalue weighted by Crippen LogP contribution is 2.31. The van der Waals surface area contributed by atoms with E-state index in [1.54, 1.807) is 24.3 Å². The number of esters is 1. The normalized spacial score (nSPS) is 14.5. The molecule has 0 unspecified atom stereocenters. The van der Waals surface area contributed by atoms with Crippen LogP contribution in [0.3, 0.4) is 0 Å². The Labute approximate surface area is 192 Å². The summed E-state index contributed by atoms with van der Waals surface area (Å²) in [6, 6.07) is 25.7. The van der Waals surface area contributed by atoms with Crippen molar-refractivity contribution in [3.05, 3.63) is 113 Å². The highest BCUT2D eigenvalue weighted by molar-refractivity contribution is 6.07. The van der Waals surface area contributed by atoms with Crippen LogP contribution in [0.2, 0.25) is 0 Å². The van der Waals surface area contributed by atoms with Crippen LogP contribution in [0.1, 0.15) is 43.6 Å². The number of carbonyl (C=O) groups is 2. The highest BCUT2D eigenvalue weighted by Gasteiger charge is 2.30. The lowest BCUT2D eigenvalue weighted by Gasteiger charge is -2.27. The van der Waals surface area contributed by atoms with Crippen molar-refractivity contribution in [3.8, 4) is 0 Å². The molecule has 1 aromatic heterocycles. The van der Waals surface area contributed by atoms with Gasteiger partial charge in [0.2, 0.25) is 5.78 Å². The van der Waals surface area contributed by atoms with E-state index in [-0.39, 0.29) is 5.78 Å². The third-order valence-corrected chi connectivity index (χ3v) is 6.07. The molecule has 0 fully saturated rings. The summed E-state index contributed by atoms with van der Waals surface area (Å²) in [5.74, 6) is -0.752. The molecule has 3 aromatic carbocycles. The third-order valence-electron chi connectivity index (χ3n) is 6.07. The van der Waals surface area contributed by atoms with Crippen molar-refractivity contribution in [3.63, 3.8) is 0 Å². The molecule has 164 valence electrons. The van der Waals surface area contributed by atoms with Crippen molar-refractivity contribution in [1.29, 1.82) is 0 Å². The van der Waals surface area contributed by atoms with Gasteiger partial charge in [0.05, 0.1) is 11.1 Å². The molecule has 0 N–H and O–H groups in total. The Bertz CT molecular complexity index is 1320. The summed E-state index contributed by atoms with van der Waals surface area (Å²) in [4.78, 5) is 34.1. The zero-order chi connectivity index (χ0) is 22.8. The third kappa shape index (κ3) is 4.15. The van der Waals surface area contributed by atoms with Gasteiger partial charge in [-0.3, -0.25) is 9.78 Å². The second-order valence-electron chi connectivity index (χ2n) is 8.34. The van der Waals surface area contributed by atoms with Crippen LogP contribution in [0.4, 0.5) is 0 Å². The van der Waals surface area contributed by atoms with E-state index < -0.39 is 12.1 Å². The maximum atomic E-state index is 13.7. The zero-order valence-corrected chi connectivity index (χ0v) is 18.4. The first-order chi connectivity index (χ1) is 16.1. The molecule has 4 aromatic rings. The molecule has 1 aliphatic rings. The molecule has 1 atom stereocenters. The number of Topliss-reactive ketones (excluding diaryl/α,β-unsaturated/α-hetero) is 1. The number of benzene rings is 3. The van der Waals surface area contributed by atoms with Gasteiger partial charge in [0.25, 0.3) is 0 Å².